The summed E-state index contributed by atoms with van der Waals surface area (Å²) >= 11 is 0. The van der Waals surface area contributed by atoms with Gasteiger partial charge in [0.05, 0.1) is 22.3 Å². The molecule has 23 heavy (non-hydrogen) atoms. The zero-order valence-corrected chi connectivity index (χ0v) is 13.4. The van der Waals surface area contributed by atoms with Gasteiger partial charge in [0, 0.05) is 17.0 Å². The first-order valence-corrected chi connectivity index (χ1v) is 8.55. The number of aryl methyl sites for hydroxylation is 2. The molecule has 1 aromatic carbocycles. The van der Waals surface area contributed by atoms with Crippen LogP contribution in [0.15, 0.2) is 47.6 Å². The molecule has 0 saturated heterocycles. The molecule has 0 amide bonds. The lowest BCUT2D eigenvalue weighted by molar-refractivity contribution is 0.588. The molecule has 7 heteroatoms. The largest absolute Gasteiger partial charge is 0.277 e. The van der Waals surface area contributed by atoms with E-state index in [0.29, 0.717) is 5.65 Å². The Balaban J connectivity index is 2.02. The summed E-state index contributed by atoms with van der Waals surface area (Å²) in [5.41, 5.74) is 2.94. The van der Waals surface area contributed by atoms with Crippen molar-refractivity contribution in [2.75, 3.05) is 0 Å². The first kappa shape index (κ1) is 14.0. The van der Waals surface area contributed by atoms with Crippen LogP contribution < -0.4 is 0 Å². The number of H-pyrrole nitrogens is 1. The number of benzene rings is 1. The van der Waals surface area contributed by atoms with E-state index in [1.807, 2.05) is 13.8 Å². The van der Waals surface area contributed by atoms with Gasteiger partial charge in [-0.2, -0.15) is 5.10 Å². The molecular formula is C16H14N4O2S. The normalized spacial score (nSPS) is 12.3. The molecule has 1 N–H and O–H groups in total. The maximum atomic E-state index is 12.9. The highest BCUT2D eigenvalue weighted by molar-refractivity contribution is 7.90. The van der Waals surface area contributed by atoms with Crippen LogP contribution >= 0.6 is 0 Å². The fourth-order valence-corrected chi connectivity index (χ4v) is 4.01. The van der Waals surface area contributed by atoms with Crippen molar-refractivity contribution in [3.05, 3.63) is 54.0 Å². The van der Waals surface area contributed by atoms with Gasteiger partial charge in [0.2, 0.25) is 0 Å². The van der Waals surface area contributed by atoms with Gasteiger partial charge in [-0.05, 0) is 32.0 Å². The van der Waals surface area contributed by atoms with E-state index in [-0.39, 0.29) is 4.90 Å². The van der Waals surface area contributed by atoms with Gasteiger partial charge in [0.25, 0.3) is 10.0 Å². The fourth-order valence-electron chi connectivity index (χ4n) is 2.71. The summed E-state index contributed by atoms with van der Waals surface area (Å²) in [6.45, 7) is 3.76. The summed E-state index contributed by atoms with van der Waals surface area (Å²) in [5.74, 6) is 0. The van der Waals surface area contributed by atoms with Crippen LogP contribution in [0.1, 0.15) is 11.3 Å². The molecule has 0 spiro atoms. The second-order valence-electron chi connectivity index (χ2n) is 5.52. The number of fused-ring (bicyclic) bond motifs is 3. The molecule has 0 fully saturated rings. The zero-order chi connectivity index (χ0) is 16.2. The Kier molecular flexibility index (Phi) is 2.83. The summed E-state index contributed by atoms with van der Waals surface area (Å²) in [4.78, 5) is 4.71. The Hall–Kier alpha value is -2.67. The third kappa shape index (κ3) is 1.97. The minimum Gasteiger partial charge on any atom is -0.277 e. The molecule has 4 rings (SSSR count). The van der Waals surface area contributed by atoms with E-state index in [9.17, 15) is 8.42 Å². The van der Waals surface area contributed by atoms with Crippen LogP contribution in [0.3, 0.4) is 0 Å². The molecule has 3 heterocycles. The summed E-state index contributed by atoms with van der Waals surface area (Å²) in [5, 5.41) is 8.57. The van der Waals surface area contributed by atoms with Crippen molar-refractivity contribution in [2.45, 2.75) is 18.7 Å². The summed E-state index contributed by atoms with van der Waals surface area (Å²) in [6.07, 6.45) is 3.23. The topological polar surface area (TPSA) is 80.6 Å². The molecule has 4 aromatic rings. The Morgan fingerprint density at radius 3 is 2.52 bits per heavy atom. The molecule has 116 valence electrons. The predicted octanol–water partition coefficient (Wildman–Crippen LogP) is 2.77. The van der Waals surface area contributed by atoms with Crippen LogP contribution in [0, 0.1) is 13.8 Å². The van der Waals surface area contributed by atoms with Crippen molar-refractivity contribution < 1.29 is 8.42 Å². The Morgan fingerprint density at radius 2 is 1.78 bits per heavy atom. The van der Waals surface area contributed by atoms with Gasteiger partial charge in [-0.25, -0.2) is 17.4 Å². The number of nitrogens with zero attached hydrogens (tertiary/aromatic N) is 3. The van der Waals surface area contributed by atoms with Crippen LogP contribution in [-0.4, -0.2) is 27.6 Å². The van der Waals surface area contributed by atoms with Gasteiger partial charge in [0.15, 0.2) is 5.65 Å². The number of hydrogen-bond donors (Lipinski definition) is 1. The number of aromatic nitrogens is 4. The van der Waals surface area contributed by atoms with Gasteiger partial charge in [-0.1, -0.05) is 17.7 Å². The molecule has 0 bridgehead atoms. The maximum absolute atomic E-state index is 12.9. The quantitative estimate of drug-likeness (QED) is 0.614. The van der Waals surface area contributed by atoms with E-state index < -0.39 is 10.0 Å². The minimum atomic E-state index is -3.69. The number of pyridine rings is 1. The van der Waals surface area contributed by atoms with E-state index in [1.54, 1.807) is 36.5 Å². The molecular weight excluding hydrogens is 312 g/mol. The van der Waals surface area contributed by atoms with Crippen LogP contribution in [0.2, 0.25) is 0 Å². The Morgan fingerprint density at radius 1 is 1.04 bits per heavy atom. The standard InChI is InChI=1S/C16H14N4O2S/c1-10-3-5-12(6-4-10)23(21,22)20-8-7-13-15-14(9-17-19-15)11(2)18-16(13)20/h3-9H,1-2H3,(H,17,19). The lowest BCUT2D eigenvalue weighted by Crippen LogP contribution is -2.12. The molecule has 0 unspecified atom stereocenters. The summed E-state index contributed by atoms with van der Waals surface area (Å²) in [6, 6.07) is 8.53. The molecule has 3 aromatic heterocycles. The first-order valence-electron chi connectivity index (χ1n) is 7.11. The lowest BCUT2D eigenvalue weighted by atomic mass is 10.2. The first-order chi connectivity index (χ1) is 11.0. The van der Waals surface area contributed by atoms with Gasteiger partial charge >= 0.3 is 0 Å². The number of hydrogen-bond acceptors (Lipinski definition) is 4. The van der Waals surface area contributed by atoms with Gasteiger partial charge in [0.1, 0.15) is 0 Å². The van der Waals surface area contributed by atoms with Crippen molar-refractivity contribution in [2.24, 2.45) is 0 Å². The van der Waals surface area contributed by atoms with Crippen molar-refractivity contribution in [3.63, 3.8) is 0 Å². The fraction of sp³-hybridized carbons (Fsp3) is 0.125. The third-order valence-corrected chi connectivity index (χ3v) is 5.66. The van der Waals surface area contributed by atoms with Crippen LogP contribution in [0.5, 0.6) is 0 Å². The van der Waals surface area contributed by atoms with Gasteiger partial charge in [-0.3, -0.25) is 5.10 Å². The SMILES string of the molecule is Cc1ccc(S(=O)(=O)n2ccc3c4[nH]ncc4c(C)nc32)cc1. The predicted molar refractivity (Wildman–Crippen MR) is 87.9 cm³/mol. The number of nitrogens with one attached hydrogen (secondary N) is 1. The smallest absolute Gasteiger partial charge is 0.269 e. The number of rotatable bonds is 2. The van der Waals surface area contributed by atoms with Crippen LogP contribution in [0.4, 0.5) is 0 Å². The minimum absolute atomic E-state index is 0.241. The highest BCUT2D eigenvalue weighted by atomic mass is 32.2. The molecule has 0 aliphatic rings. The Labute approximate surface area is 132 Å². The second kappa shape index (κ2) is 4.66. The van der Waals surface area contributed by atoms with Crippen molar-refractivity contribution >= 4 is 32.0 Å². The molecule has 0 aliphatic carbocycles. The van der Waals surface area contributed by atoms with Gasteiger partial charge < -0.3 is 0 Å². The summed E-state index contributed by atoms with van der Waals surface area (Å²) < 4.78 is 27.0. The monoisotopic (exact) mass is 326 g/mol. The zero-order valence-electron chi connectivity index (χ0n) is 12.6. The van der Waals surface area contributed by atoms with Crippen molar-refractivity contribution in [1.29, 1.82) is 0 Å². The van der Waals surface area contributed by atoms with Gasteiger partial charge in [-0.15, -0.1) is 0 Å². The van der Waals surface area contributed by atoms with Crippen molar-refractivity contribution in [3.8, 4) is 0 Å². The highest BCUT2D eigenvalue weighted by Crippen LogP contribution is 2.27. The number of aromatic amines is 1. The third-order valence-electron chi connectivity index (χ3n) is 3.98. The van der Waals surface area contributed by atoms with Crippen LogP contribution in [-0.2, 0) is 10.0 Å². The van der Waals surface area contributed by atoms with E-state index in [1.165, 1.54) is 10.2 Å². The highest BCUT2D eigenvalue weighted by Gasteiger charge is 2.21. The second-order valence-corrected chi connectivity index (χ2v) is 7.34. The lowest BCUT2D eigenvalue weighted by Gasteiger charge is -2.08. The van der Waals surface area contributed by atoms with E-state index in [2.05, 4.69) is 15.2 Å². The maximum Gasteiger partial charge on any atom is 0.269 e. The Bertz CT molecular complexity index is 1140. The van der Waals surface area contributed by atoms with E-state index in [0.717, 1.165) is 27.5 Å². The molecule has 6 nitrogen and oxygen atoms in total. The molecule has 0 saturated carbocycles. The molecule has 0 radical (unpaired) electrons. The van der Waals surface area contributed by atoms with E-state index >= 15 is 0 Å². The molecule has 0 atom stereocenters. The average Bonchev–Trinajstić information content (AvgIpc) is 3.14. The van der Waals surface area contributed by atoms with Crippen LogP contribution in [0.25, 0.3) is 21.9 Å². The summed E-state index contributed by atoms with van der Waals surface area (Å²) in [7, 11) is -3.69. The van der Waals surface area contributed by atoms with E-state index in [4.69, 9.17) is 0 Å². The molecule has 0 aliphatic heterocycles. The average molecular weight is 326 g/mol. The van der Waals surface area contributed by atoms with Crippen molar-refractivity contribution in [1.82, 2.24) is 19.2 Å².